The normalized spacial score (nSPS) is 14.0. The number of methoxy groups -OCH3 is 1. The second-order valence-electron chi connectivity index (χ2n) is 8.07. The highest BCUT2D eigenvalue weighted by Crippen LogP contribution is 2.23. The summed E-state index contributed by atoms with van der Waals surface area (Å²) in [7, 11) is 1.65. The highest BCUT2D eigenvalue weighted by Gasteiger charge is 2.10. The van der Waals surface area contributed by atoms with Crippen LogP contribution in [0.4, 0.5) is 11.6 Å². The minimum absolute atomic E-state index is 0.488. The van der Waals surface area contributed by atoms with Crippen LogP contribution in [0.3, 0.4) is 0 Å². The van der Waals surface area contributed by atoms with Crippen molar-refractivity contribution >= 4 is 11.6 Å². The molecule has 5 rings (SSSR count). The van der Waals surface area contributed by atoms with Crippen LogP contribution < -0.4 is 14.8 Å². The molecule has 3 heterocycles. The Morgan fingerprint density at radius 1 is 1.00 bits per heavy atom. The van der Waals surface area contributed by atoms with E-state index in [1.54, 1.807) is 18.0 Å². The summed E-state index contributed by atoms with van der Waals surface area (Å²) in [4.78, 5) is 11.3. The molecule has 0 atom stereocenters. The Bertz CT molecular complexity index is 1240. The van der Waals surface area contributed by atoms with Gasteiger partial charge in [0, 0.05) is 49.3 Å². The van der Waals surface area contributed by atoms with Crippen molar-refractivity contribution in [2.75, 3.05) is 51.9 Å². The van der Waals surface area contributed by atoms with Crippen LogP contribution in [0.15, 0.2) is 73.1 Å². The first-order chi connectivity index (χ1) is 17.3. The van der Waals surface area contributed by atoms with Gasteiger partial charge in [-0.15, -0.1) is 0 Å². The van der Waals surface area contributed by atoms with Crippen LogP contribution >= 0.6 is 0 Å². The van der Waals surface area contributed by atoms with Gasteiger partial charge in [0.1, 0.15) is 18.1 Å². The van der Waals surface area contributed by atoms with Gasteiger partial charge in [0.15, 0.2) is 5.82 Å². The second-order valence-corrected chi connectivity index (χ2v) is 8.07. The Kier molecular flexibility index (Phi) is 7.16. The lowest BCUT2D eigenvalue weighted by molar-refractivity contribution is 0.0322. The van der Waals surface area contributed by atoms with Crippen LogP contribution in [-0.2, 0) is 4.74 Å². The lowest BCUT2D eigenvalue weighted by Crippen LogP contribution is -2.38. The van der Waals surface area contributed by atoms with Gasteiger partial charge in [0.05, 0.1) is 26.0 Å². The van der Waals surface area contributed by atoms with Crippen LogP contribution in [0.5, 0.6) is 11.5 Å². The summed E-state index contributed by atoms with van der Waals surface area (Å²) in [6.45, 7) is 5.08. The van der Waals surface area contributed by atoms with E-state index in [0.717, 1.165) is 61.3 Å². The topological polar surface area (TPSA) is 86.6 Å². The lowest BCUT2D eigenvalue weighted by atomic mass is 10.1. The molecule has 0 spiro atoms. The molecule has 0 unspecified atom stereocenters. The molecule has 0 aliphatic carbocycles. The van der Waals surface area contributed by atoms with Gasteiger partial charge < -0.3 is 19.5 Å². The third kappa shape index (κ3) is 5.95. The molecule has 35 heavy (non-hydrogen) atoms. The van der Waals surface area contributed by atoms with Gasteiger partial charge in [-0.25, -0.2) is 9.67 Å². The van der Waals surface area contributed by atoms with Gasteiger partial charge in [-0.2, -0.15) is 10.1 Å². The molecule has 0 radical (unpaired) electrons. The molecule has 1 fully saturated rings. The van der Waals surface area contributed by atoms with Crippen molar-refractivity contribution in [1.29, 1.82) is 0 Å². The molecule has 1 aliphatic rings. The number of nitrogens with one attached hydrogen (secondary N) is 1. The van der Waals surface area contributed by atoms with E-state index in [1.165, 1.54) is 0 Å². The minimum Gasteiger partial charge on any atom is -0.497 e. The number of hydrogen-bond donors (Lipinski definition) is 1. The molecule has 0 bridgehead atoms. The maximum Gasteiger partial charge on any atom is 0.229 e. The lowest BCUT2D eigenvalue weighted by Gasteiger charge is -2.26. The molecule has 180 valence electrons. The van der Waals surface area contributed by atoms with Crippen LogP contribution in [-0.4, -0.2) is 71.2 Å². The number of nitrogens with zero attached hydrogens (tertiary/aromatic N) is 5. The molecule has 4 aromatic rings. The molecule has 9 heteroatoms. The number of rotatable bonds is 9. The van der Waals surface area contributed by atoms with Gasteiger partial charge in [-0.05, 0) is 42.5 Å². The first-order valence-corrected chi connectivity index (χ1v) is 11.6. The van der Waals surface area contributed by atoms with E-state index in [9.17, 15) is 0 Å². The zero-order valence-electron chi connectivity index (χ0n) is 19.6. The highest BCUT2D eigenvalue weighted by molar-refractivity contribution is 5.61. The van der Waals surface area contributed by atoms with E-state index >= 15 is 0 Å². The highest BCUT2D eigenvalue weighted by atomic mass is 16.5. The van der Waals surface area contributed by atoms with Crippen LogP contribution in [0.2, 0.25) is 0 Å². The van der Waals surface area contributed by atoms with Gasteiger partial charge in [-0.3, -0.25) is 4.90 Å². The molecule has 1 N–H and O–H groups in total. The average molecular weight is 473 g/mol. The summed E-state index contributed by atoms with van der Waals surface area (Å²) in [6, 6.07) is 19.4. The number of ether oxygens (including phenoxy) is 3. The number of aromatic nitrogens is 4. The second kappa shape index (κ2) is 11.0. The van der Waals surface area contributed by atoms with E-state index in [-0.39, 0.29) is 0 Å². The zero-order chi connectivity index (χ0) is 23.9. The molecule has 9 nitrogen and oxygen atoms in total. The van der Waals surface area contributed by atoms with Gasteiger partial charge in [-0.1, -0.05) is 12.1 Å². The average Bonchev–Trinajstić information content (AvgIpc) is 3.41. The Morgan fingerprint density at radius 2 is 1.86 bits per heavy atom. The number of benzene rings is 2. The number of anilines is 2. The van der Waals surface area contributed by atoms with E-state index in [2.05, 4.69) is 25.3 Å². The summed E-state index contributed by atoms with van der Waals surface area (Å²) in [5.74, 6) is 2.78. The maximum absolute atomic E-state index is 5.88. The smallest absolute Gasteiger partial charge is 0.229 e. The fourth-order valence-electron chi connectivity index (χ4n) is 3.81. The molecule has 2 aromatic heterocycles. The molecule has 0 amide bonds. The van der Waals surface area contributed by atoms with Crippen LogP contribution in [0, 0.1) is 0 Å². The predicted octanol–water partition coefficient (Wildman–Crippen LogP) is 3.79. The number of morpholine rings is 1. The monoisotopic (exact) mass is 472 g/mol. The Morgan fingerprint density at radius 3 is 2.69 bits per heavy atom. The van der Waals surface area contributed by atoms with Crippen molar-refractivity contribution in [3.63, 3.8) is 0 Å². The Hall–Kier alpha value is -3.95. The molecule has 0 saturated carbocycles. The van der Waals surface area contributed by atoms with Gasteiger partial charge in [0.2, 0.25) is 5.95 Å². The Balaban J connectivity index is 1.20. The molecular weight excluding hydrogens is 444 g/mol. The van der Waals surface area contributed by atoms with E-state index in [0.29, 0.717) is 18.4 Å². The molecule has 1 aliphatic heterocycles. The molecule has 2 aromatic carbocycles. The fraction of sp³-hybridized carbons (Fsp3) is 0.269. The van der Waals surface area contributed by atoms with Crippen molar-refractivity contribution in [3.8, 4) is 28.6 Å². The largest absolute Gasteiger partial charge is 0.497 e. The summed E-state index contributed by atoms with van der Waals surface area (Å²) in [5, 5.41) is 7.91. The van der Waals surface area contributed by atoms with Crippen molar-refractivity contribution in [2.24, 2.45) is 0 Å². The SMILES string of the molecule is COc1cccc(-c2ccn(-c3ccnc(Nc4ccc(OCCN5CCOCC5)cc4)n3)n2)c1. The van der Waals surface area contributed by atoms with Crippen molar-refractivity contribution in [3.05, 3.63) is 73.1 Å². The van der Waals surface area contributed by atoms with E-state index < -0.39 is 0 Å². The van der Waals surface area contributed by atoms with Crippen LogP contribution in [0.25, 0.3) is 17.1 Å². The third-order valence-electron chi connectivity index (χ3n) is 5.72. The van der Waals surface area contributed by atoms with E-state index in [4.69, 9.17) is 14.2 Å². The number of hydrogen-bond acceptors (Lipinski definition) is 8. The summed E-state index contributed by atoms with van der Waals surface area (Å²) >= 11 is 0. The molecule has 1 saturated heterocycles. The quantitative estimate of drug-likeness (QED) is 0.394. The first-order valence-electron chi connectivity index (χ1n) is 11.6. The fourth-order valence-corrected chi connectivity index (χ4v) is 3.81. The Labute approximate surface area is 204 Å². The van der Waals surface area contributed by atoms with Gasteiger partial charge >= 0.3 is 0 Å². The molecular formula is C26H28N6O3. The van der Waals surface area contributed by atoms with Crippen molar-refractivity contribution in [1.82, 2.24) is 24.6 Å². The zero-order valence-corrected chi connectivity index (χ0v) is 19.6. The predicted molar refractivity (Wildman–Crippen MR) is 134 cm³/mol. The summed E-state index contributed by atoms with van der Waals surface area (Å²) in [5.41, 5.74) is 2.68. The van der Waals surface area contributed by atoms with Crippen molar-refractivity contribution in [2.45, 2.75) is 0 Å². The maximum atomic E-state index is 5.88. The van der Waals surface area contributed by atoms with E-state index in [1.807, 2.05) is 66.9 Å². The van der Waals surface area contributed by atoms with Crippen LogP contribution in [0.1, 0.15) is 0 Å². The first kappa shape index (κ1) is 22.8. The minimum atomic E-state index is 0.488. The van der Waals surface area contributed by atoms with Gasteiger partial charge in [0.25, 0.3) is 0 Å². The summed E-state index contributed by atoms with van der Waals surface area (Å²) in [6.07, 6.45) is 3.59. The summed E-state index contributed by atoms with van der Waals surface area (Å²) < 4.78 is 18.3. The standard InChI is InChI=1S/C26H28N6O3/c1-33-23-4-2-3-20(19-23)24-10-12-32(30-24)25-9-11-27-26(29-25)28-21-5-7-22(8-6-21)35-18-15-31-13-16-34-17-14-31/h2-12,19H,13-18H2,1H3,(H,27,28,29). The van der Waals surface area contributed by atoms with Crippen molar-refractivity contribution < 1.29 is 14.2 Å². The third-order valence-corrected chi connectivity index (χ3v) is 5.72.